The highest BCUT2D eigenvalue weighted by molar-refractivity contribution is 6.42. The fourth-order valence-corrected chi connectivity index (χ4v) is 3.70. The van der Waals surface area contributed by atoms with Gasteiger partial charge in [-0.25, -0.2) is 0 Å². The fourth-order valence-electron chi connectivity index (χ4n) is 3.70. The van der Waals surface area contributed by atoms with Gasteiger partial charge in [0.25, 0.3) is 5.91 Å². The SMILES string of the molecule is CC(C)(C)c1ccc(C(=O)C(=O)NCC2(c3ccccc3)CCOCC2)cc1. The van der Waals surface area contributed by atoms with E-state index in [0.717, 1.165) is 18.4 Å². The van der Waals surface area contributed by atoms with Crippen molar-refractivity contribution in [1.29, 1.82) is 0 Å². The summed E-state index contributed by atoms with van der Waals surface area (Å²) in [6, 6.07) is 17.5. The monoisotopic (exact) mass is 379 g/mol. The summed E-state index contributed by atoms with van der Waals surface area (Å²) >= 11 is 0. The summed E-state index contributed by atoms with van der Waals surface area (Å²) in [6.45, 7) is 8.11. The van der Waals surface area contributed by atoms with Gasteiger partial charge in [-0.15, -0.1) is 0 Å². The van der Waals surface area contributed by atoms with Gasteiger partial charge in [0, 0.05) is 30.7 Å². The normalized spacial score (nSPS) is 16.4. The summed E-state index contributed by atoms with van der Waals surface area (Å²) in [4.78, 5) is 25.1. The fraction of sp³-hybridized carbons (Fsp3) is 0.417. The Morgan fingerprint density at radius 2 is 1.57 bits per heavy atom. The third kappa shape index (κ3) is 4.50. The zero-order valence-electron chi connectivity index (χ0n) is 17.0. The topological polar surface area (TPSA) is 55.4 Å². The van der Waals surface area contributed by atoms with E-state index in [1.807, 2.05) is 30.3 Å². The van der Waals surface area contributed by atoms with Crippen LogP contribution in [0.4, 0.5) is 0 Å². The number of hydrogen-bond acceptors (Lipinski definition) is 3. The Morgan fingerprint density at radius 1 is 0.964 bits per heavy atom. The third-order valence-electron chi connectivity index (χ3n) is 5.64. The van der Waals surface area contributed by atoms with E-state index in [4.69, 9.17) is 4.74 Å². The second-order valence-electron chi connectivity index (χ2n) is 8.60. The molecule has 4 heteroatoms. The smallest absolute Gasteiger partial charge is 0.292 e. The second-order valence-corrected chi connectivity index (χ2v) is 8.60. The standard InChI is InChI=1S/C24H29NO3/c1-23(2,3)19-11-9-18(10-12-19)21(26)22(27)25-17-24(13-15-28-16-14-24)20-7-5-4-6-8-20/h4-12H,13-17H2,1-3H3,(H,25,27). The average molecular weight is 380 g/mol. The lowest BCUT2D eigenvalue weighted by Crippen LogP contribution is -2.46. The van der Waals surface area contributed by atoms with Crippen molar-refractivity contribution < 1.29 is 14.3 Å². The number of carbonyl (C=O) groups excluding carboxylic acids is 2. The van der Waals surface area contributed by atoms with Gasteiger partial charge in [-0.3, -0.25) is 9.59 Å². The van der Waals surface area contributed by atoms with Crippen LogP contribution in [0.1, 0.15) is 55.1 Å². The summed E-state index contributed by atoms with van der Waals surface area (Å²) < 4.78 is 5.53. The lowest BCUT2D eigenvalue weighted by Gasteiger charge is -2.37. The Morgan fingerprint density at radius 3 is 2.14 bits per heavy atom. The lowest BCUT2D eigenvalue weighted by atomic mass is 9.74. The molecule has 2 aromatic carbocycles. The summed E-state index contributed by atoms with van der Waals surface area (Å²) in [7, 11) is 0. The first kappa shape index (κ1) is 20.3. The molecule has 0 radical (unpaired) electrons. The predicted molar refractivity (Wildman–Crippen MR) is 111 cm³/mol. The Hall–Kier alpha value is -2.46. The van der Waals surface area contributed by atoms with Crippen LogP contribution in [-0.4, -0.2) is 31.4 Å². The van der Waals surface area contributed by atoms with Crippen LogP contribution in [0.5, 0.6) is 0 Å². The van der Waals surface area contributed by atoms with Crippen LogP contribution < -0.4 is 5.32 Å². The average Bonchev–Trinajstić information content (AvgIpc) is 2.72. The molecule has 0 atom stereocenters. The molecule has 0 bridgehead atoms. The quantitative estimate of drug-likeness (QED) is 0.630. The maximum atomic E-state index is 12.6. The number of hydrogen-bond donors (Lipinski definition) is 1. The lowest BCUT2D eigenvalue weighted by molar-refractivity contribution is -0.117. The number of benzene rings is 2. The molecular weight excluding hydrogens is 350 g/mol. The molecule has 0 aromatic heterocycles. The molecule has 1 saturated heterocycles. The highest BCUT2D eigenvalue weighted by atomic mass is 16.5. The van der Waals surface area contributed by atoms with E-state index >= 15 is 0 Å². The van der Waals surface area contributed by atoms with Crippen LogP contribution in [0.25, 0.3) is 0 Å². The zero-order valence-corrected chi connectivity index (χ0v) is 17.0. The molecule has 28 heavy (non-hydrogen) atoms. The molecule has 1 N–H and O–H groups in total. The van der Waals surface area contributed by atoms with E-state index in [0.29, 0.717) is 25.3 Å². The summed E-state index contributed by atoms with van der Waals surface area (Å²) in [5.74, 6) is -1.04. The minimum atomic E-state index is -0.551. The third-order valence-corrected chi connectivity index (χ3v) is 5.64. The van der Waals surface area contributed by atoms with E-state index in [-0.39, 0.29) is 10.8 Å². The van der Waals surface area contributed by atoms with Crippen LogP contribution in [0.2, 0.25) is 0 Å². The minimum Gasteiger partial charge on any atom is -0.381 e. The van der Waals surface area contributed by atoms with Gasteiger partial charge in [0.05, 0.1) is 0 Å². The van der Waals surface area contributed by atoms with Crippen molar-refractivity contribution in [1.82, 2.24) is 5.32 Å². The summed E-state index contributed by atoms with van der Waals surface area (Å²) in [5, 5.41) is 2.89. The van der Waals surface area contributed by atoms with Gasteiger partial charge in [-0.2, -0.15) is 0 Å². The molecule has 1 aliphatic rings. The van der Waals surface area contributed by atoms with Gasteiger partial charge in [-0.1, -0.05) is 75.4 Å². The highest BCUT2D eigenvalue weighted by Gasteiger charge is 2.35. The van der Waals surface area contributed by atoms with Crippen LogP contribution in [-0.2, 0) is 20.4 Å². The number of ketones is 1. The zero-order chi connectivity index (χ0) is 20.2. The molecule has 4 nitrogen and oxygen atoms in total. The van der Waals surface area contributed by atoms with Gasteiger partial charge in [0.1, 0.15) is 0 Å². The molecule has 1 aliphatic heterocycles. The van der Waals surface area contributed by atoms with Crippen LogP contribution in [0.3, 0.4) is 0 Å². The van der Waals surface area contributed by atoms with Crippen molar-refractivity contribution in [2.45, 2.75) is 44.4 Å². The van der Waals surface area contributed by atoms with Gasteiger partial charge in [0.2, 0.25) is 5.78 Å². The first-order valence-electron chi connectivity index (χ1n) is 9.88. The maximum absolute atomic E-state index is 12.6. The molecule has 0 unspecified atom stereocenters. The van der Waals surface area contributed by atoms with Crippen molar-refractivity contribution in [2.24, 2.45) is 0 Å². The highest BCUT2D eigenvalue weighted by Crippen LogP contribution is 2.34. The molecule has 0 saturated carbocycles. The van der Waals surface area contributed by atoms with E-state index in [9.17, 15) is 9.59 Å². The van der Waals surface area contributed by atoms with Crippen LogP contribution in [0, 0.1) is 0 Å². The molecular formula is C24H29NO3. The number of ether oxygens (including phenoxy) is 1. The second kappa shape index (κ2) is 8.27. The maximum Gasteiger partial charge on any atom is 0.292 e. The van der Waals surface area contributed by atoms with Crippen molar-refractivity contribution in [3.05, 3.63) is 71.3 Å². The van der Waals surface area contributed by atoms with Gasteiger partial charge >= 0.3 is 0 Å². The predicted octanol–water partition coefficient (Wildman–Crippen LogP) is 4.03. The number of rotatable bonds is 5. The van der Waals surface area contributed by atoms with Gasteiger partial charge in [0.15, 0.2) is 0 Å². The molecule has 1 heterocycles. The Labute approximate surface area is 167 Å². The van der Waals surface area contributed by atoms with E-state index < -0.39 is 11.7 Å². The Balaban J connectivity index is 1.70. The number of Topliss-reactive ketones (excluding diaryl/α,β-unsaturated/α-hetero) is 1. The van der Waals surface area contributed by atoms with Crippen LogP contribution in [0.15, 0.2) is 54.6 Å². The van der Waals surface area contributed by atoms with Crippen LogP contribution >= 0.6 is 0 Å². The number of carbonyl (C=O) groups is 2. The van der Waals surface area contributed by atoms with Gasteiger partial charge in [-0.05, 0) is 29.4 Å². The molecule has 2 aromatic rings. The molecule has 0 spiro atoms. The van der Waals surface area contributed by atoms with Crippen molar-refractivity contribution in [2.75, 3.05) is 19.8 Å². The molecule has 0 aliphatic carbocycles. The Kier molecular flexibility index (Phi) is 5.99. The van der Waals surface area contributed by atoms with Crippen molar-refractivity contribution >= 4 is 11.7 Å². The molecule has 1 fully saturated rings. The Bertz CT molecular complexity index is 813. The summed E-state index contributed by atoms with van der Waals surface area (Å²) in [6.07, 6.45) is 1.65. The number of amides is 1. The molecule has 1 amide bonds. The molecule has 3 rings (SSSR count). The minimum absolute atomic E-state index is 0.00888. The van der Waals surface area contributed by atoms with E-state index in [1.165, 1.54) is 5.56 Å². The molecule has 148 valence electrons. The van der Waals surface area contributed by atoms with Crippen molar-refractivity contribution in [3.8, 4) is 0 Å². The van der Waals surface area contributed by atoms with Gasteiger partial charge < -0.3 is 10.1 Å². The van der Waals surface area contributed by atoms with Crippen molar-refractivity contribution in [3.63, 3.8) is 0 Å². The summed E-state index contributed by atoms with van der Waals surface area (Å²) in [5.41, 5.74) is 2.56. The first-order valence-corrected chi connectivity index (χ1v) is 9.88. The number of nitrogens with one attached hydrogen (secondary N) is 1. The van der Waals surface area contributed by atoms with E-state index in [2.05, 4.69) is 38.2 Å². The first-order chi connectivity index (χ1) is 13.3. The largest absolute Gasteiger partial charge is 0.381 e. The van der Waals surface area contributed by atoms with E-state index in [1.54, 1.807) is 12.1 Å².